The Morgan fingerprint density at radius 1 is 1.50 bits per heavy atom. The molecule has 1 aliphatic rings. The van der Waals surface area contributed by atoms with E-state index >= 15 is 0 Å². The van der Waals surface area contributed by atoms with Gasteiger partial charge < -0.3 is 14.6 Å². The molecule has 0 radical (unpaired) electrons. The van der Waals surface area contributed by atoms with Gasteiger partial charge in [-0.15, -0.1) is 0 Å². The molecule has 1 N–H and O–H groups in total. The number of carbonyl (C=O) groups is 1. The molecule has 106 valence electrons. The van der Waals surface area contributed by atoms with Crippen molar-refractivity contribution in [3.8, 4) is 0 Å². The second kappa shape index (κ2) is 4.90. The zero-order valence-corrected chi connectivity index (χ0v) is 11.8. The van der Waals surface area contributed by atoms with Gasteiger partial charge in [-0.1, -0.05) is 0 Å². The van der Waals surface area contributed by atoms with Gasteiger partial charge in [0.05, 0.1) is 16.6 Å². The van der Waals surface area contributed by atoms with E-state index in [2.05, 4.69) is 21.5 Å². The first-order valence-electron chi connectivity index (χ1n) is 6.93. The fourth-order valence-electron chi connectivity index (χ4n) is 3.05. The molecule has 2 aromatic rings. The average Bonchev–Trinajstić information content (AvgIpc) is 2.94. The van der Waals surface area contributed by atoms with Crippen LogP contribution >= 0.6 is 0 Å². The number of aryl methyl sites for hydroxylation is 1. The second-order valence-corrected chi connectivity index (χ2v) is 5.70. The van der Waals surface area contributed by atoms with Gasteiger partial charge >= 0.3 is 5.97 Å². The summed E-state index contributed by atoms with van der Waals surface area (Å²) in [4.78, 5) is 17.9. The fraction of sp³-hybridized carbons (Fsp3) is 0.467. The number of imidazole rings is 1. The van der Waals surface area contributed by atoms with E-state index < -0.39 is 5.97 Å². The highest BCUT2D eigenvalue weighted by Crippen LogP contribution is 2.22. The molecule has 0 amide bonds. The second-order valence-electron chi connectivity index (χ2n) is 5.70. The van der Waals surface area contributed by atoms with Gasteiger partial charge in [0.1, 0.15) is 5.82 Å². The lowest BCUT2D eigenvalue weighted by molar-refractivity contribution is 0.0697. The lowest BCUT2D eigenvalue weighted by Gasteiger charge is -2.13. The van der Waals surface area contributed by atoms with Gasteiger partial charge in [0.25, 0.3) is 0 Å². The largest absolute Gasteiger partial charge is 0.478 e. The molecule has 1 aromatic carbocycles. The molecule has 5 heteroatoms. The summed E-state index contributed by atoms with van der Waals surface area (Å²) in [5.74, 6) is 0.698. The highest BCUT2D eigenvalue weighted by atomic mass is 16.4. The molecular formula is C15H19N3O2. The van der Waals surface area contributed by atoms with Crippen LogP contribution in [0.4, 0.5) is 0 Å². The third kappa shape index (κ3) is 2.29. The Hall–Kier alpha value is -1.88. The molecule has 0 bridgehead atoms. The number of benzene rings is 1. The van der Waals surface area contributed by atoms with Crippen LogP contribution in [-0.4, -0.2) is 45.7 Å². The number of nitrogens with zero attached hydrogens (tertiary/aromatic N) is 3. The Balaban J connectivity index is 1.94. The molecule has 1 aliphatic heterocycles. The van der Waals surface area contributed by atoms with Crippen LogP contribution in [0, 0.1) is 12.8 Å². The molecule has 0 spiro atoms. The van der Waals surface area contributed by atoms with Crippen molar-refractivity contribution in [2.24, 2.45) is 5.92 Å². The first kappa shape index (κ1) is 13.1. The minimum atomic E-state index is -0.906. The third-order valence-corrected chi connectivity index (χ3v) is 4.12. The van der Waals surface area contributed by atoms with Gasteiger partial charge in [-0.25, -0.2) is 9.78 Å². The fourth-order valence-corrected chi connectivity index (χ4v) is 3.05. The Morgan fingerprint density at radius 3 is 2.95 bits per heavy atom. The van der Waals surface area contributed by atoms with Crippen LogP contribution in [0.25, 0.3) is 11.0 Å². The molecule has 0 saturated carbocycles. The van der Waals surface area contributed by atoms with Crippen LogP contribution in [-0.2, 0) is 6.54 Å². The van der Waals surface area contributed by atoms with E-state index in [-0.39, 0.29) is 0 Å². The van der Waals surface area contributed by atoms with Crippen molar-refractivity contribution < 1.29 is 9.90 Å². The summed E-state index contributed by atoms with van der Waals surface area (Å²) in [5.41, 5.74) is 2.10. The van der Waals surface area contributed by atoms with Crippen molar-refractivity contribution >= 4 is 17.0 Å². The molecule has 1 saturated heterocycles. The third-order valence-electron chi connectivity index (χ3n) is 4.12. The Kier molecular flexibility index (Phi) is 3.22. The number of likely N-dealkylation sites (tertiary alicyclic amines) is 1. The molecule has 2 heterocycles. The Bertz CT molecular complexity index is 662. The predicted octanol–water partition coefficient (Wildman–Crippen LogP) is 1.99. The predicted molar refractivity (Wildman–Crippen MR) is 77.0 cm³/mol. The number of fused-ring (bicyclic) bond motifs is 1. The number of aromatic nitrogens is 2. The zero-order chi connectivity index (χ0) is 14.3. The van der Waals surface area contributed by atoms with E-state index in [0.29, 0.717) is 11.5 Å². The number of hydrogen-bond acceptors (Lipinski definition) is 3. The van der Waals surface area contributed by atoms with Crippen LogP contribution < -0.4 is 0 Å². The van der Waals surface area contributed by atoms with Crippen molar-refractivity contribution in [2.75, 3.05) is 20.1 Å². The van der Waals surface area contributed by atoms with Gasteiger partial charge in [0.2, 0.25) is 0 Å². The molecule has 1 unspecified atom stereocenters. The SMILES string of the molecule is Cc1nc2cc(C(=O)O)ccc2n1CC1CCN(C)C1. The molecule has 1 fully saturated rings. The summed E-state index contributed by atoms with van der Waals surface area (Å²) in [6, 6.07) is 5.18. The van der Waals surface area contributed by atoms with Crippen molar-refractivity contribution in [2.45, 2.75) is 19.9 Å². The monoisotopic (exact) mass is 273 g/mol. The lowest BCUT2D eigenvalue weighted by Crippen LogP contribution is -2.17. The summed E-state index contributed by atoms with van der Waals surface area (Å²) < 4.78 is 2.21. The van der Waals surface area contributed by atoms with Crippen LogP contribution in [0.3, 0.4) is 0 Å². The highest BCUT2D eigenvalue weighted by molar-refractivity contribution is 5.92. The molecule has 1 aromatic heterocycles. The normalized spacial score (nSPS) is 19.8. The van der Waals surface area contributed by atoms with Gasteiger partial charge in [-0.2, -0.15) is 0 Å². The Labute approximate surface area is 117 Å². The van der Waals surface area contributed by atoms with Crippen LogP contribution in [0.1, 0.15) is 22.6 Å². The van der Waals surface area contributed by atoms with E-state index in [0.717, 1.165) is 36.5 Å². The molecule has 3 rings (SSSR count). The first-order chi connectivity index (χ1) is 9.54. The van der Waals surface area contributed by atoms with Gasteiger partial charge in [0.15, 0.2) is 0 Å². The lowest BCUT2D eigenvalue weighted by atomic mass is 10.1. The summed E-state index contributed by atoms with van der Waals surface area (Å²) in [7, 11) is 2.15. The zero-order valence-electron chi connectivity index (χ0n) is 11.8. The quantitative estimate of drug-likeness (QED) is 0.929. The first-order valence-corrected chi connectivity index (χ1v) is 6.93. The van der Waals surface area contributed by atoms with E-state index in [1.165, 1.54) is 6.42 Å². The topological polar surface area (TPSA) is 58.4 Å². The van der Waals surface area contributed by atoms with Crippen molar-refractivity contribution in [3.05, 3.63) is 29.6 Å². The molecule has 5 nitrogen and oxygen atoms in total. The van der Waals surface area contributed by atoms with Gasteiger partial charge in [0, 0.05) is 13.1 Å². The van der Waals surface area contributed by atoms with Gasteiger partial charge in [-0.05, 0) is 51.1 Å². The minimum absolute atomic E-state index is 0.294. The van der Waals surface area contributed by atoms with E-state index in [4.69, 9.17) is 5.11 Å². The maximum atomic E-state index is 11.0. The number of hydrogen-bond donors (Lipinski definition) is 1. The van der Waals surface area contributed by atoms with E-state index in [1.54, 1.807) is 12.1 Å². The van der Waals surface area contributed by atoms with Crippen molar-refractivity contribution in [1.29, 1.82) is 0 Å². The number of aromatic carboxylic acids is 1. The van der Waals surface area contributed by atoms with Crippen molar-refractivity contribution in [3.63, 3.8) is 0 Å². The Morgan fingerprint density at radius 2 is 2.30 bits per heavy atom. The molecule has 20 heavy (non-hydrogen) atoms. The maximum Gasteiger partial charge on any atom is 0.335 e. The summed E-state index contributed by atoms with van der Waals surface area (Å²) in [6.07, 6.45) is 1.21. The average molecular weight is 273 g/mol. The smallest absolute Gasteiger partial charge is 0.335 e. The van der Waals surface area contributed by atoms with Crippen molar-refractivity contribution in [1.82, 2.24) is 14.5 Å². The van der Waals surface area contributed by atoms with Crippen LogP contribution in [0.5, 0.6) is 0 Å². The molecular weight excluding hydrogens is 254 g/mol. The molecule has 0 aliphatic carbocycles. The summed E-state index contributed by atoms with van der Waals surface area (Å²) >= 11 is 0. The molecule has 1 atom stereocenters. The summed E-state index contributed by atoms with van der Waals surface area (Å²) in [5, 5.41) is 9.04. The number of carboxylic acids is 1. The van der Waals surface area contributed by atoms with Crippen LogP contribution in [0.2, 0.25) is 0 Å². The maximum absolute atomic E-state index is 11.0. The number of rotatable bonds is 3. The van der Waals surface area contributed by atoms with Gasteiger partial charge in [-0.3, -0.25) is 0 Å². The standard InChI is InChI=1S/C15H19N3O2/c1-10-16-13-7-12(15(19)20)3-4-14(13)18(10)9-11-5-6-17(2)8-11/h3-4,7,11H,5-6,8-9H2,1-2H3,(H,19,20). The minimum Gasteiger partial charge on any atom is -0.478 e. The summed E-state index contributed by atoms with van der Waals surface area (Å²) in [6.45, 7) is 5.21. The highest BCUT2D eigenvalue weighted by Gasteiger charge is 2.21. The van der Waals surface area contributed by atoms with E-state index in [1.807, 2.05) is 13.0 Å². The number of carboxylic acid groups (broad SMARTS) is 1. The van der Waals surface area contributed by atoms with Crippen LogP contribution in [0.15, 0.2) is 18.2 Å². The van der Waals surface area contributed by atoms with E-state index in [9.17, 15) is 4.79 Å².